The molecule has 0 saturated heterocycles. The first-order valence-electron chi connectivity index (χ1n) is 8.87. The van der Waals surface area contributed by atoms with Gasteiger partial charge in [0.2, 0.25) is 0 Å². The third-order valence-corrected chi connectivity index (χ3v) is 3.92. The normalized spacial score (nSPS) is 14.4. The highest BCUT2D eigenvalue weighted by molar-refractivity contribution is 5.61. The molecule has 2 aromatic rings. The SMILES string of the molecule is C=C(C)Nc1ccc(-c2ncn(C3=CCC=C(CC(C)(C)F)C=C3)n2)cn1. The fourth-order valence-electron chi connectivity index (χ4n) is 2.78. The fraction of sp³-hybridized carbons (Fsp3) is 0.286. The van der Waals surface area contributed by atoms with E-state index in [0.29, 0.717) is 12.2 Å². The average Bonchev–Trinajstić information content (AvgIpc) is 2.95. The van der Waals surface area contributed by atoms with Crippen molar-refractivity contribution in [2.24, 2.45) is 0 Å². The predicted molar refractivity (Wildman–Crippen MR) is 108 cm³/mol. The molecule has 2 heterocycles. The Bertz CT molecular complexity index is 911. The molecule has 0 aliphatic heterocycles. The number of allylic oxidation sites excluding steroid dienone is 7. The highest BCUT2D eigenvalue weighted by atomic mass is 19.1. The van der Waals surface area contributed by atoms with Crippen LogP contribution in [0.1, 0.15) is 33.6 Å². The van der Waals surface area contributed by atoms with Crippen molar-refractivity contribution in [2.45, 2.75) is 39.3 Å². The second kappa shape index (κ2) is 7.70. The lowest BCUT2D eigenvalue weighted by atomic mass is 9.99. The van der Waals surface area contributed by atoms with Crippen LogP contribution in [0.4, 0.5) is 10.2 Å². The second-order valence-corrected chi connectivity index (χ2v) is 7.22. The lowest BCUT2D eigenvalue weighted by Crippen LogP contribution is -2.11. The molecular weight excluding hydrogens is 341 g/mol. The van der Waals surface area contributed by atoms with Crippen LogP contribution in [0.2, 0.25) is 0 Å². The quantitative estimate of drug-likeness (QED) is 0.769. The minimum absolute atomic E-state index is 0.392. The van der Waals surface area contributed by atoms with Gasteiger partial charge in [0, 0.05) is 23.9 Å². The Hall–Kier alpha value is -3.02. The van der Waals surface area contributed by atoms with Gasteiger partial charge in [0.05, 0.1) is 5.70 Å². The van der Waals surface area contributed by atoms with E-state index in [0.717, 1.165) is 34.8 Å². The van der Waals surface area contributed by atoms with Crippen LogP contribution in [0.15, 0.2) is 66.8 Å². The van der Waals surface area contributed by atoms with E-state index in [-0.39, 0.29) is 0 Å². The Morgan fingerprint density at radius 2 is 2.07 bits per heavy atom. The van der Waals surface area contributed by atoms with Crippen LogP contribution >= 0.6 is 0 Å². The van der Waals surface area contributed by atoms with Gasteiger partial charge in [-0.15, -0.1) is 5.10 Å². The van der Waals surface area contributed by atoms with Crippen molar-refractivity contribution in [3.8, 4) is 11.4 Å². The minimum Gasteiger partial charge on any atom is -0.345 e. The lowest BCUT2D eigenvalue weighted by molar-refractivity contribution is 0.218. The molecule has 1 aliphatic carbocycles. The Kier molecular flexibility index (Phi) is 5.35. The van der Waals surface area contributed by atoms with E-state index in [1.807, 2.05) is 43.4 Å². The summed E-state index contributed by atoms with van der Waals surface area (Å²) in [5.74, 6) is 1.33. The molecule has 1 N–H and O–H groups in total. The first kappa shape index (κ1) is 18.8. The van der Waals surface area contributed by atoms with Gasteiger partial charge >= 0.3 is 0 Å². The highest BCUT2D eigenvalue weighted by Gasteiger charge is 2.17. The molecule has 0 bridgehead atoms. The van der Waals surface area contributed by atoms with Gasteiger partial charge in [0.15, 0.2) is 5.82 Å². The number of alkyl halides is 1. The van der Waals surface area contributed by atoms with Gasteiger partial charge in [-0.1, -0.05) is 24.8 Å². The number of aromatic nitrogens is 4. The molecule has 0 spiro atoms. The maximum atomic E-state index is 13.9. The zero-order valence-corrected chi connectivity index (χ0v) is 15.9. The van der Waals surface area contributed by atoms with E-state index in [2.05, 4.69) is 27.0 Å². The zero-order chi connectivity index (χ0) is 19.4. The summed E-state index contributed by atoms with van der Waals surface area (Å²) in [6, 6.07) is 3.78. The smallest absolute Gasteiger partial charge is 0.183 e. The second-order valence-electron chi connectivity index (χ2n) is 7.22. The molecule has 2 aromatic heterocycles. The van der Waals surface area contributed by atoms with Crippen molar-refractivity contribution in [3.63, 3.8) is 0 Å². The molecule has 0 atom stereocenters. The van der Waals surface area contributed by atoms with Gasteiger partial charge in [0.1, 0.15) is 17.8 Å². The molecule has 0 fully saturated rings. The fourth-order valence-corrected chi connectivity index (χ4v) is 2.78. The third-order valence-electron chi connectivity index (χ3n) is 3.92. The summed E-state index contributed by atoms with van der Waals surface area (Å²) >= 11 is 0. The average molecular weight is 365 g/mol. The van der Waals surface area contributed by atoms with Gasteiger partial charge in [-0.05, 0) is 51.0 Å². The number of anilines is 1. The summed E-state index contributed by atoms with van der Waals surface area (Å²) < 4.78 is 15.6. The molecule has 27 heavy (non-hydrogen) atoms. The van der Waals surface area contributed by atoms with Crippen LogP contribution in [0.5, 0.6) is 0 Å². The summed E-state index contributed by atoms with van der Waals surface area (Å²) in [7, 11) is 0. The molecule has 140 valence electrons. The van der Waals surface area contributed by atoms with E-state index < -0.39 is 5.67 Å². The Morgan fingerprint density at radius 3 is 2.74 bits per heavy atom. The molecule has 6 heteroatoms. The van der Waals surface area contributed by atoms with E-state index in [9.17, 15) is 4.39 Å². The molecule has 0 amide bonds. The van der Waals surface area contributed by atoms with Crippen LogP contribution < -0.4 is 5.32 Å². The van der Waals surface area contributed by atoms with Gasteiger partial charge in [0.25, 0.3) is 0 Å². The monoisotopic (exact) mass is 365 g/mol. The van der Waals surface area contributed by atoms with Crippen molar-refractivity contribution in [1.29, 1.82) is 0 Å². The molecule has 0 unspecified atom stereocenters. The number of nitrogens with one attached hydrogen (secondary N) is 1. The van der Waals surface area contributed by atoms with Crippen LogP contribution in [0.3, 0.4) is 0 Å². The number of halogens is 1. The van der Waals surface area contributed by atoms with Crippen molar-refractivity contribution in [3.05, 3.63) is 66.8 Å². The van der Waals surface area contributed by atoms with Crippen molar-refractivity contribution < 1.29 is 4.39 Å². The molecular formula is C21H24FN5. The third kappa shape index (κ3) is 5.23. The van der Waals surface area contributed by atoms with Crippen LogP contribution in [0, 0.1) is 0 Å². The maximum absolute atomic E-state index is 13.9. The highest BCUT2D eigenvalue weighted by Crippen LogP contribution is 2.24. The number of hydrogen-bond donors (Lipinski definition) is 1. The van der Waals surface area contributed by atoms with Crippen LogP contribution in [-0.4, -0.2) is 25.4 Å². The number of hydrogen-bond acceptors (Lipinski definition) is 4. The molecule has 5 nitrogen and oxygen atoms in total. The Balaban J connectivity index is 1.73. The van der Waals surface area contributed by atoms with Crippen LogP contribution in [-0.2, 0) is 0 Å². The lowest BCUT2D eigenvalue weighted by Gasteiger charge is -2.14. The molecule has 0 saturated carbocycles. The number of pyridine rings is 1. The van der Waals surface area contributed by atoms with Crippen molar-refractivity contribution in [2.75, 3.05) is 5.32 Å². The first-order valence-corrected chi connectivity index (χ1v) is 8.87. The maximum Gasteiger partial charge on any atom is 0.183 e. The molecule has 1 aliphatic rings. The summed E-state index contributed by atoms with van der Waals surface area (Å²) in [5, 5.41) is 7.61. The minimum atomic E-state index is -1.22. The predicted octanol–water partition coefficient (Wildman–Crippen LogP) is 5.15. The Labute approximate surface area is 159 Å². The molecule has 3 rings (SSSR count). The molecule has 0 aromatic carbocycles. The van der Waals surface area contributed by atoms with E-state index in [4.69, 9.17) is 0 Å². The summed E-state index contributed by atoms with van der Waals surface area (Å²) in [6.45, 7) is 8.86. The largest absolute Gasteiger partial charge is 0.345 e. The zero-order valence-electron chi connectivity index (χ0n) is 15.9. The van der Waals surface area contributed by atoms with Gasteiger partial charge in [-0.2, -0.15) is 0 Å². The number of rotatable bonds is 6. The van der Waals surface area contributed by atoms with Gasteiger partial charge < -0.3 is 5.32 Å². The van der Waals surface area contributed by atoms with Crippen LogP contribution in [0.25, 0.3) is 17.1 Å². The van der Waals surface area contributed by atoms with E-state index in [1.165, 1.54) is 0 Å². The molecule has 0 radical (unpaired) electrons. The standard InChI is InChI=1S/C21H24FN5/c1-15(2)25-19-11-9-17(13-23-19)20-24-14-27(26-20)18-7-5-6-16(8-10-18)12-21(3,4)22/h6-11,13-14H,1,5,12H2,2-4H3,(H,23,25). The van der Waals surface area contributed by atoms with E-state index in [1.54, 1.807) is 31.1 Å². The Morgan fingerprint density at radius 1 is 1.26 bits per heavy atom. The van der Waals surface area contributed by atoms with Gasteiger partial charge in [-0.3, -0.25) is 0 Å². The first-order chi connectivity index (χ1) is 12.8. The summed E-state index contributed by atoms with van der Waals surface area (Å²) in [5.41, 5.74) is 2.33. The van der Waals surface area contributed by atoms with Crippen molar-refractivity contribution in [1.82, 2.24) is 19.7 Å². The summed E-state index contributed by atoms with van der Waals surface area (Å²) in [6.07, 6.45) is 12.5. The summed E-state index contributed by atoms with van der Waals surface area (Å²) in [4.78, 5) is 8.73. The van der Waals surface area contributed by atoms with Gasteiger partial charge in [-0.25, -0.2) is 19.0 Å². The van der Waals surface area contributed by atoms with Crippen molar-refractivity contribution >= 4 is 11.5 Å². The number of nitrogens with zero attached hydrogens (tertiary/aromatic N) is 4. The van der Waals surface area contributed by atoms with E-state index >= 15 is 0 Å². The topological polar surface area (TPSA) is 55.6 Å².